The molecule has 1 atom stereocenters. The number of benzene rings is 3. The van der Waals surface area contributed by atoms with Gasteiger partial charge in [0, 0.05) is 18.7 Å². The molecule has 1 N–H and O–H groups in total. The van der Waals surface area contributed by atoms with Crippen molar-refractivity contribution in [2.24, 2.45) is 0 Å². The van der Waals surface area contributed by atoms with Crippen LogP contribution in [0.5, 0.6) is 17.2 Å². The summed E-state index contributed by atoms with van der Waals surface area (Å²) in [6, 6.07) is 18.8. The lowest BCUT2D eigenvalue weighted by atomic mass is 10.1. The van der Waals surface area contributed by atoms with E-state index in [9.17, 15) is 18.0 Å². The maximum atomic E-state index is 14.1. The Balaban J connectivity index is 2.08. The van der Waals surface area contributed by atoms with Gasteiger partial charge in [0.25, 0.3) is 10.0 Å². The number of anilines is 1. The van der Waals surface area contributed by atoms with Gasteiger partial charge in [-0.15, -0.1) is 0 Å². The molecule has 226 valence electrons. The first-order chi connectivity index (χ1) is 20.0. The standard InChI is InChI=1S/C31H39N3O7S/c1-7-27(31(36)32-22(2)3)33(20-23-12-11-15-25(18-23)39-4)30(35)21-34(24-13-9-8-10-14-24)42(37,38)26-16-17-28(40-5)29(19-26)41-6/h8-19,22,27H,7,20-21H2,1-6H3,(H,32,36)/t27-/m0/s1. The van der Waals surface area contributed by atoms with E-state index in [1.165, 1.54) is 37.3 Å². The Morgan fingerprint density at radius 3 is 2.14 bits per heavy atom. The van der Waals surface area contributed by atoms with Crippen LogP contribution in [-0.4, -0.2) is 65.1 Å². The zero-order valence-electron chi connectivity index (χ0n) is 24.9. The molecule has 0 spiro atoms. The minimum absolute atomic E-state index is 0.0685. The monoisotopic (exact) mass is 597 g/mol. The van der Waals surface area contributed by atoms with Gasteiger partial charge >= 0.3 is 0 Å². The van der Waals surface area contributed by atoms with Gasteiger partial charge in [0.1, 0.15) is 18.3 Å². The Morgan fingerprint density at radius 1 is 0.857 bits per heavy atom. The van der Waals surface area contributed by atoms with E-state index in [4.69, 9.17) is 14.2 Å². The van der Waals surface area contributed by atoms with Crippen LogP contribution in [0.25, 0.3) is 0 Å². The Kier molecular flexibility index (Phi) is 11.2. The first-order valence-corrected chi connectivity index (χ1v) is 15.0. The third-order valence-electron chi connectivity index (χ3n) is 6.57. The number of nitrogens with one attached hydrogen (secondary N) is 1. The fourth-order valence-electron chi connectivity index (χ4n) is 4.49. The van der Waals surface area contributed by atoms with Gasteiger partial charge < -0.3 is 24.4 Å². The van der Waals surface area contributed by atoms with Gasteiger partial charge in [-0.05, 0) is 62.2 Å². The van der Waals surface area contributed by atoms with Crippen LogP contribution in [0.4, 0.5) is 5.69 Å². The summed E-state index contributed by atoms with van der Waals surface area (Å²) in [5.74, 6) is 0.329. The Bertz CT molecular complexity index is 1460. The van der Waals surface area contributed by atoms with Crippen molar-refractivity contribution in [3.8, 4) is 17.2 Å². The number of hydrogen-bond acceptors (Lipinski definition) is 7. The van der Waals surface area contributed by atoms with E-state index in [1.54, 1.807) is 55.6 Å². The molecule has 2 amide bonds. The fourth-order valence-corrected chi connectivity index (χ4v) is 5.93. The number of methoxy groups -OCH3 is 3. The van der Waals surface area contributed by atoms with E-state index in [0.29, 0.717) is 23.6 Å². The minimum Gasteiger partial charge on any atom is -0.497 e. The number of carbonyl (C=O) groups excluding carboxylic acids is 2. The Morgan fingerprint density at radius 2 is 1.55 bits per heavy atom. The van der Waals surface area contributed by atoms with Crippen LogP contribution in [0.15, 0.2) is 77.7 Å². The number of para-hydroxylation sites is 1. The number of rotatable bonds is 14. The molecule has 0 bridgehead atoms. The van der Waals surface area contributed by atoms with E-state index in [1.807, 2.05) is 26.8 Å². The van der Waals surface area contributed by atoms with Crippen molar-refractivity contribution in [1.82, 2.24) is 10.2 Å². The number of ether oxygens (including phenoxy) is 3. The van der Waals surface area contributed by atoms with Crippen LogP contribution in [0.2, 0.25) is 0 Å². The highest BCUT2D eigenvalue weighted by Crippen LogP contribution is 2.32. The molecule has 0 saturated heterocycles. The molecule has 0 unspecified atom stereocenters. The second kappa shape index (κ2) is 14.6. The quantitative estimate of drug-likeness (QED) is 0.296. The predicted octanol–water partition coefficient (Wildman–Crippen LogP) is 4.24. The normalized spacial score (nSPS) is 11.9. The minimum atomic E-state index is -4.27. The predicted molar refractivity (Wildman–Crippen MR) is 161 cm³/mol. The largest absolute Gasteiger partial charge is 0.497 e. The molecule has 0 fully saturated rings. The zero-order valence-corrected chi connectivity index (χ0v) is 25.7. The van der Waals surface area contributed by atoms with E-state index in [-0.39, 0.29) is 29.1 Å². The molecule has 0 aliphatic rings. The first kappa shape index (κ1) is 32.3. The topological polar surface area (TPSA) is 114 Å². The average molecular weight is 598 g/mol. The highest BCUT2D eigenvalue weighted by molar-refractivity contribution is 7.92. The Labute approximate surface area is 248 Å². The second-order valence-electron chi connectivity index (χ2n) is 9.82. The third-order valence-corrected chi connectivity index (χ3v) is 8.34. The van der Waals surface area contributed by atoms with Gasteiger partial charge in [0.2, 0.25) is 11.8 Å². The molecule has 0 aromatic heterocycles. The number of sulfonamides is 1. The summed E-state index contributed by atoms with van der Waals surface area (Å²) in [5.41, 5.74) is 1.02. The van der Waals surface area contributed by atoms with Gasteiger partial charge in [-0.2, -0.15) is 0 Å². The number of nitrogens with zero attached hydrogens (tertiary/aromatic N) is 2. The highest BCUT2D eigenvalue weighted by Gasteiger charge is 2.34. The lowest BCUT2D eigenvalue weighted by Gasteiger charge is -2.33. The van der Waals surface area contributed by atoms with Gasteiger partial charge in [-0.3, -0.25) is 13.9 Å². The van der Waals surface area contributed by atoms with Crippen molar-refractivity contribution >= 4 is 27.5 Å². The molecular formula is C31H39N3O7S. The summed E-state index contributed by atoms with van der Waals surface area (Å²) in [4.78, 5) is 28.7. The molecule has 0 heterocycles. The molecule has 42 heavy (non-hydrogen) atoms. The van der Waals surface area contributed by atoms with Gasteiger partial charge in [-0.25, -0.2) is 8.42 Å². The van der Waals surface area contributed by atoms with Crippen molar-refractivity contribution in [3.63, 3.8) is 0 Å². The van der Waals surface area contributed by atoms with Crippen molar-refractivity contribution in [1.29, 1.82) is 0 Å². The van der Waals surface area contributed by atoms with Crippen molar-refractivity contribution in [2.75, 3.05) is 32.2 Å². The number of amides is 2. The summed E-state index contributed by atoms with van der Waals surface area (Å²) in [5, 5.41) is 2.89. The average Bonchev–Trinajstić information content (AvgIpc) is 2.99. The van der Waals surface area contributed by atoms with Crippen molar-refractivity contribution < 1.29 is 32.2 Å². The van der Waals surface area contributed by atoms with E-state index < -0.39 is 28.5 Å². The molecule has 3 aromatic carbocycles. The van der Waals surface area contributed by atoms with Gasteiger partial charge in [0.15, 0.2) is 11.5 Å². The molecule has 11 heteroatoms. The lowest BCUT2D eigenvalue weighted by Crippen LogP contribution is -2.53. The van der Waals surface area contributed by atoms with Crippen molar-refractivity contribution in [2.45, 2.75) is 50.7 Å². The maximum absolute atomic E-state index is 14.1. The fraction of sp³-hybridized carbons (Fsp3) is 0.355. The van der Waals surface area contributed by atoms with Gasteiger partial charge in [-0.1, -0.05) is 37.3 Å². The maximum Gasteiger partial charge on any atom is 0.264 e. The number of hydrogen-bond donors (Lipinski definition) is 1. The van der Waals surface area contributed by atoms with E-state index in [2.05, 4.69) is 5.32 Å². The molecule has 0 saturated carbocycles. The number of carbonyl (C=O) groups is 2. The van der Waals surface area contributed by atoms with Crippen LogP contribution in [0.3, 0.4) is 0 Å². The first-order valence-electron chi connectivity index (χ1n) is 13.6. The zero-order chi connectivity index (χ0) is 30.9. The van der Waals surface area contributed by atoms with Gasteiger partial charge in [0.05, 0.1) is 31.9 Å². The summed E-state index contributed by atoms with van der Waals surface area (Å²) >= 11 is 0. The molecule has 10 nitrogen and oxygen atoms in total. The van der Waals surface area contributed by atoms with E-state index in [0.717, 1.165) is 9.87 Å². The van der Waals surface area contributed by atoms with E-state index >= 15 is 0 Å². The van der Waals surface area contributed by atoms with Crippen LogP contribution in [0, 0.1) is 0 Å². The molecule has 0 radical (unpaired) electrons. The molecule has 3 rings (SSSR count). The highest BCUT2D eigenvalue weighted by atomic mass is 32.2. The SMILES string of the molecule is CC[C@@H](C(=O)NC(C)C)N(Cc1cccc(OC)c1)C(=O)CN(c1ccccc1)S(=O)(=O)c1ccc(OC)c(OC)c1. The van der Waals surface area contributed by atoms with Crippen LogP contribution in [0.1, 0.15) is 32.8 Å². The lowest BCUT2D eigenvalue weighted by molar-refractivity contribution is -0.140. The molecular weight excluding hydrogens is 558 g/mol. The summed E-state index contributed by atoms with van der Waals surface area (Å²) in [6.45, 7) is 5.01. The molecule has 3 aromatic rings. The molecule has 0 aliphatic heterocycles. The summed E-state index contributed by atoms with van der Waals surface area (Å²) in [6.07, 6.45) is 0.321. The second-order valence-corrected chi connectivity index (χ2v) is 11.7. The summed E-state index contributed by atoms with van der Waals surface area (Å²) < 4.78 is 45.1. The molecule has 0 aliphatic carbocycles. The van der Waals surface area contributed by atoms with Crippen LogP contribution < -0.4 is 23.8 Å². The van der Waals surface area contributed by atoms with Crippen LogP contribution >= 0.6 is 0 Å². The smallest absolute Gasteiger partial charge is 0.264 e. The Hall–Kier alpha value is -4.25. The van der Waals surface area contributed by atoms with Crippen molar-refractivity contribution in [3.05, 3.63) is 78.4 Å². The third kappa shape index (κ3) is 7.73. The van der Waals surface area contributed by atoms with Crippen LogP contribution in [-0.2, 0) is 26.2 Å². The summed E-state index contributed by atoms with van der Waals surface area (Å²) in [7, 11) is 0.148.